The van der Waals surface area contributed by atoms with E-state index in [-0.39, 0.29) is 23.2 Å². The molecule has 27 heavy (non-hydrogen) atoms. The van der Waals surface area contributed by atoms with Gasteiger partial charge >= 0.3 is 0 Å². The number of rotatable bonds is 6. The Morgan fingerprint density at radius 2 is 2.07 bits per heavy atom. The number of nitro benzene ring substituents is 1. The molecule has 1 aromatic carbocycles. The minimum atomic E-state index is -0.493. The minimum Gasteiger partial charge on any atom is -0.332 e. The van der Waals surface area contributed by atoms with Crippen LogP contribution in [-0.2, 0) is 6.54 Å². The van der Waals surface area contributed by atoms with E-state index in [2.05, 4.69) is 9.97 Å². The van der Waals surface area contributed by atoms with Crippen molar-refractivity contribution in [1.29, 1.82) is 0 Å². The lowest BCUT2D eigenvalue weighted by atomic mass is 10.1. The number of hydrogen-bond donors (Lipinski definition) is 0. The number of carbonyl (C=O) groups is 1. The summed E-state index contributed by atoms with van der Waals surface area (Å²) in [4.78, 5) is 33.7. The van der Waals surface area contributed by atoms with Crippen molar-refractivity contribution in [1.82, 2.24) is 19.4 Å². The number of nitrogens with zero attached hydrogens (tertiary/aromatic N) is 5. The second kappa shape index (κ2) is 7.77. The molecule has 0 unspecified atom stereocenters. The van der Waals surface area contributed by atoms with Crippen LogP contribution in [0.5, 0.6) is 0 Å². The van der Waals surface area contributed by atoms with Gasteiger partial charge in [0.2, 0.25) is 0 Å². The molecule has 0 aliphatic rings. The van der Waals surface area contributed by atoms with Gasteiger partial charge in [-0.05, 0) is 37.6 Å². The number of imidazole rings is 1. The van der Waals surface area contributed by atoms with Gasteiger partial charge in [0, 0.05) is 49.0 Å². The molecular weight excluding hydrogens is 346 g/mol. The van der Waals surface area contributed by atoms with Gasteiger partial charge in [-0.1, -0.05) is 6.07 Å². The largest absolute Gasteiger partial charge is 0.332 e. The van der Waals surface area contributed by atoms with Crippen molar-refractivity contribution in [2.75, 3.05) is 0 Å². The minimum absolute atomic E-state index is 0.0786. The molecule has 3 rings (SSSR count). The molecule has 2 aromatic heterocycles. The maximum absolute atomic E-state index is 13.0. The molecule has 0 spiro atoms. The van der Waals surface area contributed by atoms with E-state index < -0.39 is 4.92 Å². The predicted molar refractivity (Wildman–Crippen MR) is 99.5 cm³/mol. The summed E-state index contributed by atoms with van der Waals surface area (Å²) in [6.07, 6.45) is 8.01. The Morgan fingerprint density at radius 3 is 2.67 bits per heavy atom. The Balaban J connectivity index is 1.95. The van der Waals surface area contributed by atoms with Crippen molar-refractivity contribution >= 4 is 11.6 Å². The molecule has 0 bridgehead atoms. The standard InChI is InChI=1S/C19H19N5O3/c1-14(2)23(12-15-4-3-7-20-11-15)19(25)16-5-6-17(18(10-16)24(26)27)22-9-8-21-13-22/h3-11,13-14H,12H2,1-2H3. The van der Waals surface area contributed by atoms with Gasteiger partial charge in [-0.15, -0.1) is 0 Å². The third kappa shape index (κ3) is 4.00. The van der Waals surface area contributed by atoms with Crippen LogP contribution in [0.2, 0.25) is 0 Å². The predicted octanol–water partition coefficient (Wildman–Crippen LogP) is 3.23. The number of amides is 1. The molecule has 3 aromatic rings. The van der Waals surface area contributed by atoms with E-state index in [1.807, 2.05) is 26.0 Å². The first-order valence-electron chi connectivity index (χ1n) is 8.44. The Hall–Kier alpha value is -3.55. The Bertz CT molecular complexity index is 939. The van der Waals surface area contributed by atoms with Crippen LogP contribution in [0, 0.1) is 10.1 Å². The third-order valence-electron chi connectivity index (χ3n) is 4.16. The fourth-order valence-corrected chi connectivity index (χ4v) is 2.77. The van der Waals surface area contributed by atoms with Gasteiger partial charge in [0.1, 0.15) is 5.69 Å². The normalized spacial score (nSPS) is 10.8. The summed E-state index contributed by atoms with van der Waals surface area (Å²) in [7, 11) is 0. The fourth-order valence-electron chi connectivity index (χ4n) is 2.77. The number of carbonyl (C=O) groups excluding carboxylic acids is 1. The molecule has 0 N–H and O–H groups in total. The average molecular weight is 365 g/mol. The summed E-state index contributed by atoms with van der Waals surface area (Å²) in [5, 5.41) is 11.5. The lowest BCUT2D eigenvalue weighted by Gasteiger charge is -2.27. The maximum Gasteiger partial charge on any atom is 0.294 e. The van der Waals surface area contributed by atoms with E-state index in [0.29, 0.717) is 12.2 Å². The van der Waals surface area contributed by atoms with E-state index in [1.165, 1.54) is 18.6 Å². The van der Waals surface area contributed by atoms with Crippen LogP contribution in [-0.4, -0.2) is 36.3 Å². The Kier molecular flexibility index (Phi) is 5.25. The second-order valence-corrected chi connectivity index (χ2v) is 6.32. The summed E-state index contributed by atoms with van der Waals surface area (Å²) in [6.45, 7) is 4.19. The van der Waals surface area contributed by atoms with Crippen LogP contribution in [0.1, 0.15) is 29.8 Å². The second-order valence-electron chi connectivity index (χ2n) is 6.32. The van der Waals surface area contributed by atoms with E-state index in [9.17, 15) is 14.9 Å². The zero-order valence-electron chi connectivity index (χ0n) is 15.0. The van der Waals surface area contributed by atoms with Crippen molar-refractivity contribution < 1.29 is 9.72 Å². The third-order valence-corrected chi connectivity index (χ3v) is 4.16. The monoisotopic (exact) mass is 365 g/mol. The highest BCUT2D eigenvalue weighted by Crippen LogP contribution is 2.25. The molecular formula is C19H19N5O3. The summed E-state index contributed by atoms with van der Waals surface area (Å²) in [5.74, 6) is -0.269. The van der Waals surface area contributed by atoms with E-state index in [0.717, 1.165) is 5.56 Å². The first kappa shape index (κ1) is 18.2. The molecule has 2 heterocycles. The highest BCUT2D eigenvalue weighted by Gasteiger charge is 2.23. The average Bonchev–Trinajstić information content (AvgIpc) is 3.20. The van der Waals surface area contributed by atoms with Crippen LogP contribution in [0.3, 0.4) is 0 Å². The van der Waals surface area contributed by atoms with Crippen LogP contribution in [0.25, 0.3) is 5.69 Å². The smallest absolute Gasteiger partial charge is 0.294 e. The number of pyridine rings is 1. The number of benzene rings is 1. The number of hydrogen-bond acceptors (Lipinski definition) is 5. The fraction of sp³-hybridized carbons (Fsp3) is 0.211. The summed E-state index contributed by atoms with van der Waals surface area (Å²) < 4.78 is 1.54. The summed E-state index contributed by atoms with van der Waals surface area (Å²) in [6, 6.07) is 8.10. The molecule has 0 aliphatic heterocycles. The Labute approximate surface area is 156 Å². The van der Waals surface area contributed by atoms with E-state index in [1.54, 1.807) is 40.2 Å². The molecule has 0 atom stereocenters. The molecule has 8 nitrogen and oxygen atoms in total. The Morgan fingerprint density at radius 1 is 1.26 bits per heavy atom. The van der Waals surface area contributed by atoms with E-state index in [4.69, 9.17) is 0 Å². The maximum atomic E-state index is 13.0. The topological polar surface area (TPSA) is 94.2 Å². The molecule has 0 saturated heterocycles. The van der Waals surface area contributed by atoms with Crippen molar-refractivity contribution in [3.05, 3.63) is 82.7 Å². The van der Waals surface area contributed by atoms with Crippen LogP contribution >= 0.6 is 0 Å². The van der Waals surface area contributed by atoms with Gasteiger partial charge in [0.15, 0.2) is 0 Å². The summed E-state index contributed by atoms with van der Waals surface area (Å²) in [5.41, 5.74) is 1.37. The highest BCUT2D eigenvalue weighted by molar-refractivity contribution is 5.95. The zero-order chi connectivity index (χ0) is 19.4. The highest BCUT2D eigenvalue weighted by atomic mass is 16.6. The molecule has 0 aliphatic carbocycles. The molecule has 138 valence electrons. The van der Waals surface area contributed by atoms with Gasteiger partial charge in [-0.25, -0.2) is 4.98 Å². The lowest BCUT2D eigenvalue weighted by Crippen LogP contribution is -2.36. The van der Waals surface area contributed by atoms with Gasteiger partial charge in [-0.2, -0.15) is 0 Å². The molecule has 0 saturated carbocycles. The lowest BCUT2D eigenvalue weighted by molar-refractivity contribution is -0.384. The molecule has 1 amide bonds. The molecule has 0 radical (unpaired) electrons. The number of nitro groups is 1. The van der Waals surface area contributed by atoms with Crippen molar-refractivity contribution in [2.45, 2.75) is 26.4 Å². The van der Waals surface area contributed by atoms with Crippen LogP contribution in [0.4, 0.5) is 5.69 Å². The van der Waals surface area contributed by atoms with E-state index >= 15 is 0 Å². The first-order chi connectivity index (χ1) is 13.0. The van der Waals surface area contributed by atoms with Gasteiger partial charge in [0.05, 0.1) is 11.3 Å². The van der Waals surface area contributed by atoms with Gasteiger partial charge < -0.3 is 9.47 Å². The SMILES string of the molecule is CC(C)N(Cc1cccnc1)C(=O)c1ccc(-n2ccnc2)c([N+](=O)[O-])c1. The van der Waals surface area contributed by atoms with Crippen LogP contribution < -0.4 is 0 Å². The quantitative estimate of drug-likeness (QED) is 0.494. The molecule has 0 fully saturated rings. The first-order valence-corrected chi connectivity index (χ1v) is 8.44. The van der Waals surface area contributed by atoms with Gasteiger partial charge in [0.25, 0.3) is 11.6 Å². The van der Waals surface area contributed by atoms with Crippen molar-refractivity contribution in [2.24, 2.45) is 0 Å². The summed E-state index contributed by atoms with van der Waals surface area (Å²) >= 11 is 0. The van der Waals surface area contributed by atoms with Gasteiger partial charge in [-0.3, -0.25) is 19.9 Å². The van der Waals surface area contributed by atoms with Crippen molar-refractivity contribution in [3.8, 4) is 5.69 Å². The number of aromatic nitrogens is 3. The zero-order valence-corrected chi connectivity index (χ0v) is 15.0. The molecule has 8 heteroatoms. The van der Waals surface area contributed by atoms with Crippen molar-refractivity contribution in [3.63, 3.8) is 0 Å². The van der Waals surface area contributed by atoms with Crippen LogP contribution in [0.15, 0.2) is 61.4 Å².